The second kappa shape index (κ2) is 75.5. The number of amides is 1. The highest BCUT2D eigenvalue weighted by atomic mass is 16.5. The minimum atomic E-state index is -0.842. The van der Waals surface area contributed by atoms with E-state index in [1.165, 1.54) is 366 Å². The molecule has 0 aromatic heterocycles. The van der Waals surface area contributed by atoms with Crippen LogP contribution >= 0.6 is 0 Å². The Morgan fingerprint density at radius 3 is 0.884 bits per heavy atom. The third-order valence-electron chi connectivity index (χ3n) is 18.4. The number of carbonyl (C=O) groups excluding carboxylic acids is 2. The van der Waals surface area contributed by atoms with Gasteiger partial charge in [0.15, 0.2) is 0 Å². The first-order valence-corrected chi connectivity index (χ1v) is 39.3. The van der Waals surface area contributed by atoms with E-state index in [-0.39, 0.29) is 18.5 Å². The molecule has 0 heterocycles. The lowest BCUT2D eigenvalue weighted by molar-refractivity contribution is -0.143. The fourth-order valence-electron chi connectivity index (χ4n) is 12.4. The number of aliphatic hydroxyl groups is 2. The predicted molar refractivity (Wildman–Crippen MR) is 379 cm³/mol. The number of nitrogens with one attached hydrogen (secondary N) is 1. The number of ether oxygens (including phenoxy) is 1. The van der Waals surface area contributed by atoms with Crippen molar-refractivity contribution >= 4 is 11.9 Å². The van der Waals surface area contributed by atoms with Gasteiger partial charge in [0.2, 0.25) is 5.91 Å². The molecule has 0 aliphatic heterocycles. The first kappa shape index (κ1) is 84.1. The molecule has 0 fully saturated rings. The first-order valence-electron chi connectivity index (χ1n) is 39.3. The van der Waals surface area contributed by atoms with Crippen molar-refractivity contribution in [3.63, 3.8) is 0 Å². The molecule has 1 amide bonds. The maximum absolute atomic E-state index is 12.5. The van der Waals surface area contributed by atoms with Crippen molar-refractivity contribution in [2.45, 2.75) is 450 Å². The second-order valence-corrected chi connectivity index (χ2v) is 27.0. The minimum absolute atomic E-state index is 0.0232. The Bertz CT molecular complexity index is 1390. The van der Waals surface area contributed by atoms with Crippen LogP contribution in [0.5, 0.6) is 0 Å². The standard InChI is InChI=1S/C80H153NO5/c1-3-5-7-9-11-13-15-17-19-41-46-50-54-58-62-66-70-74-80(85)86-75-71-67-63-59-55-51-47-43-40-38-36-34-32-30-28-26-24-22-20-21-23-25-27-29-31-33-35-37-39-42-45-49-53-57-61-65-69-73-79(84)81-77(76-82)78(83)72-68-64-60-56-52-48-44-18-16-14-12-10-8-6-4-2/h20,22,26,28,68,72,77-78,82-83H,3-19,21,23-25,27,29-67,69-71,73-76H2,1-2H3,(H,81,84)/b22-20-,28-26-,72-68+. The molecule has 0 spiro atoms. The molecule has 0 aromatic rings. The van der Waals surface area contributed by atoms with Gasteiger partial charge in [0, 0.05) is 12.8 Å². The van der Waals surface area contributed by atoms with Crippen molar-refractivity contribution in [2.24, 2.45) is 0 Å². The lowest BCUT2D eigenvalue weighted by Gasteiger charge is -2.20. The lowest BCUT2D eigenvalue weighted by Crippen LogP contribution is -2.45. The Kier molecular flexibility index (Phi) is 73.9. The zero-order valence-electron chi connectivity index (χ0n) is 58.3. The molecule has 0 rings (SSSR count). The SMILES string of the molecule is CCCCCCCCCCCCCCC/C=C/C(O)C(CO)NC(=O)CCCCCCCCCCCCCCCCCCC/C=C\C/C=C\CCCCCCCCCCCCCCCOC(=O)CCCCCCCCCCCCCCCCCCC. The molecule has 6 nitrogen and oxygen atoms in total. The van der Waals surface area contributed by atoms with Crippen LogP contribution in [0, 0.1) is 0 Å². The van der Waals surface area contributed by atoms with Gasteiger partial charge < -0.3 is 20.3 Å². The van der Waals surface area contributed by atoms with Gasteiger partial charge in [-0.2, -0.15) is 0 Å². The quantitative estimate of drug-likeness (QED) is 0.0320. The average Bonchev–Trinajstić information content (AvgIpc) is 3.61. The molecule has 2 atom stereocenters. The Labute approximate surface area is 538 Å². The molecule has 0 aliphatic rings. The normalized spacial score (nSPS) is 12.7. The zero-order chi connectivity index (χ0) is 62.0. The highest BCUT2D eigenvalue weighted by Gasteiger charge is 2.18. The summed E-state index contributed by atoms with van der Waals surface area (Å²) in [6, 6.07) is -0.626. The van der Waals surface area contributed by atoms with E-state index < -0.39 is 12.1 Å². The van der Waals surface area contributed by atoms with E-state index in [4.69, 9.17) is 4.74 Å². The van der Waals surface area contributed by atoms with E-state index in [9.17, 15) is 19.8 Å². The van der Waals surface area contributed by atoms with Gasteiger partial charge in [0.25, 0.3) is 0 Å². The molecule has 3 N–H and O–H groups in total. The summed E-state index contributed by atoms with van der Waals surface area (Å²) < 4.78 is 5.51. The molecule has 0 radical (unpaired) electrons. The van der Waals surface area contributed by atoms with E-state index in [1.807, 2.05) is 6.08 Å². The summed E-state index contributed by atoms with van der Waals surface area (Å²) >= 11 is 0. The lowest BCUT2D eigenvalue weighted by atomic mass is 10.0. The van der Waals surface area contributed by atoms with E-state index in [0.29, 0.717) is 19.4 Å². The number of esters is 1. The van der Waals surface area contributed by atoms with Crippen molar-refractivity contribution in [2.75, 3.05) is 13.2 Å². The van der Waals surface area contributed by atoms with Gasteiger partial charge in [-0.3, -0.25) is 9.59 Å². The van der Waals surface area contributed by atoms with Gasteiger partial charge in [0.1, 0.15) is 0 Å². The molecular formula is C80H153NO5. The summed E-state index contributed by atoms with van der Waals surface area (Å²) in [5.74, 6) is -0.0394. The van der Waals surface area contributed by atoms with Crippen molar-refractivity contribution in [1.29, 1.82) is 0 Å². The minimum Gasteiger partial charge on any atom is -0.466 e. The third kappa shape index (κ3) is 71.2. The van der Waals surface area contributed by atoms with Crippen LogP contribution in [0.1, 0.15) is 438 Å². The van der Waals surface area contributed by atoms with Crippen LogP contribution in [-0.4, -0.2) is 47.4 Å². The Hall–Kier alpha value is -1.92. The highest BCUT2D eigenvalue weighted by molar-refractivity contribution is 5.76. The Morgan fingerprint density at radius 2 is 0.581 bits per heavy atom. The molecule has 0 bridgehead atoms. The molecule has 508 valence electrons. The van der Waals surface area contributed by atoms with Gasteiger partial charge in [0.05, 0.1) is 25.4 Å². The summed E-state index contributed by atoms with van der Waals surface area (Å²) in [6.07, 6.45) is 98.4. The number of unbranched alkanes of at least 4 members (excludes halogenated alkanes) is 59. The van der Waals surface area contributed by atoms with Gasteiger partial charge in [-0.15, -0.1) is 0 Å². The fraction of sp³-hybridized carbons (Fsp3) is 0.900. The molecular weight excluding hydrogens is 1050 g/mol. The Balaban J connectivity index is 3.35. The summed E-state index contributed by atoms with van der Waals surface area (Å²) in [7, 11) is 0. The van der Waals surface area contributed by atoms with E-state index in [2.05, 4.69) is 43.5 Å². The summed E-state index contributed by atoms with van der Waals surface area (Å²) in [5, 5.41) is 23.2. The van der Waals surface area contributed by atoms with Crippen LogP contribution in [-0.2, 0) is 14.3 Å². The molecule has 0 saturated carbocycles. The molecule has 2 unspecified atom stereocenters. The van der Waals surface area contributed by atoms with Gasteiger partial charge >= 0.3 is 5.97 Å². The van der Waals surface area contributed by atoms with E-state index in [1.54, 1.807) is 6.08 Å². The third-order valence-corrected chi connectivity index (χ3v) is 18.4. The van der Waals surface area contributed by atoms with E-state index in [0.717, 1.165) is 44.9 Å². The molecule has 86 heavy (non-hydrogen) atoms. The Morgan fingerprint density at radius 1 is 0.326 bits per heavy atom. The van der Waals surface area contributed by atoms with Crippen LogP contribution in [0.4, 0.5) is 0 Å². The number of carbonyl (C=O) groups is 2. The average molecular weight is 1210 g/mol. The maximum atomic E-state index is 12.5. The predicted octanol–water partition coefficient (Wildman–Crippen LogP) is 25.8. The van der Waals surface area contributed by atoms with E-state index >= 15 is 0 Å². The summed E-state index contributed by atoms with van der Waals surface area (Å²) in [4.78, 5) is 24.6. The van der Waals surface area contributed by atoms with Crippen molar-refractivity contribution in [1.82, 2.24) is 5.32 Å². The van der Waals surface area contributed by atoms with Gasteiger partial charge in [-0.1, -0.05) is 397 Å². The summed E-state index contributed by atoms with van der Waals surface area (Å²) in [5.41, 5.74) is 0. The van der Waals surface area contributed by atoms with Crippen LogP contribution in [0.15, 0.2) is 36.5 Å². The fourth-order valence-corrected chi connectivity index (χ4v) is 12.4. The van der Waals surface area contributed by atoms with Crippen LogP contribution in [0.3, 0.4) is 0 Å². The first-order chi connectivity index (χ1) is 42.5. The van der Waals surface area contributed by atoms with Crippen molar-refractivity contribution in [3.05, 3.63) is 36.5 Å². The topological polar surface area (TPSA) is 95.9 Å². The second-order valence-electron chi connectivity index (χ2n) is 27.0. The molecule has 0 aliphatic carbocycles. The number of allylic oxidation sites excluding steroid dienone is 5. The van der Waals surface area contributed by atoms with Gasteiger partial charge in [-0.25, -0.2) is 0 Å². The molecule has 0 saturated heterocycles. The number of hydrogen-bond donors (Lipinski definition) is 3. The summed E-state index contributed by atoms with van der Waals surface area (Å²) in [6.45, 7) is 4.95. The molecule has 6 heteroatoms. The highest BCUT2D eigenvalue weighted by Crippen LogP contribution is 2.19. The van der Waals surface area contributed by atoms with Crippen molar-refractivity contribution < 1.29 is 24.5 Å². The molecule has 0 aromatic carbocycles. The number of aliphatic hydroxyl groups excluding tert-OH is 2. The number of hydrogen-bond acceptors (Lipinski definition) is 5. The van der Waals surface area contributed by atoms with Crippen molar-refractivity contribution in [3.8, 4) is 0 Å². The van der Waals surface area contributed by atoms with Crippen LogP contribution in [0.25, 0.3) is 0 Å². The van der Waals surface area contributed by atoms with Crippen LogP contribution < -0.4 is 5.32 Å². The monoisotopic (exact) mass is 1210 g/mol. The van der Waals surface area contributed by atoms with Crippen LogP contribution in [0.2, 0.25) is 0 Å². The maximum Gasteiger partial charge on any atom is 0.305 e. The van der Waals surface area contributed by atoms with Gasteiger partial charge in [-0.05, 0) is 64.2 Å². The number of rotatable bonds is 74. The zero-order valence-corrected chi connectivity index (χ0v) is 58.3. The smallest absolute Gasteiger partial charge is 0.305 e. The largest absolute Gasteiger partial charge is 0.466 e.